The van der Waals surface area contributed by atoms with E-state index >= 15 is 0 Å². The fourth-order valence-corrected chi connectivity index (χ4v) is 3.96. The average Bonchev–Trinajstić information content (AvgIpc) is 2.38. The van der Waals surface area contributed by atoms with Crippen molar-refractivity contribution in [3.63, 3.8) is 0 Å². The van der Waals surface area contributed by atoms with Crippen LogP contribution in [-0.4, -0.2) is 7.05 Å². The van der Waals surface area contributed by atoms with Gasteiger partial charge in [-0.15, -0.1) is 0 Å². The SMILES string of the molecule is CN[C@]12CCCCC1CCc1ccccc12. The van der Waals surface area contributed by atoms with Gasteiger partial charge in [-0.1, -0.05) is 37.1 Å². The van der Waals surface area contributed by atoms with Crippen molar-refractivity contribution in [2.24, 2.45) is 5.92 Å². The normalized spacial score (nSPS) is 32.9. The highest BCUT2D eigenvalue weighted by Gasteiger charge is 2.43. The number of hydrogen-bond donors (Lipinski definition) is 1. The lowest BCUT2D eigenvalue weighted by Gasteiger charge is -2.48. The topological polar surface area (TPSA) is 12.0 Å². The number of aryl methyl sites for hydroxylation is 1. The molecule has 2 atom stereocenters. The first-order valence-corrected chi connectivity index (χ1v) is 6.64. The zero-order chi connectivity index (χ0) is 11.0. The highest BCUT2D eigenvalue weighted by molar-refractivity contribution is 5.37. The van der Waals surface area contributed by atoms with Gasteiger partial charge in [0.1, 0.15) is 0 Å². The third-order valence-electron chi connectivity index (χ3n) is 4.78. The zero-order valence-corrected chi connectivity index (χ0v) is 10.1. The molecule has 2 aliphatic rings. The lowest BCUT2D eigenvalue weighted by Crippen LogP contribution is -2.51. The lowest BCUT2D eigenvalue weighted by molar-refractivity contribution is 0.129. The molecule has 2 aliphatic carbocycles. The van der Waals surface area contributed by atoms with Gasteiger partial charge in [-0.05, 0) is 49.8 Å². The first-order chi connectivity index (χ1) is 7.87. The van der Waals surface area contributed by atoms with E-state index in [0.717, 1.165) is 5.92 Å². The van der Waals surface area contributed by atoms with Gasteiger partial charge in [0, 0.05) is 5.54 Å². The van der Waals surface area contributed by atoms with Crippen molar-refractivity contribution in [1.29, 1.82) is 0 Å². The molecule has 0 spiro atoms. The van der Waals surface area contributed by atoms with Crippen molar-refractivity contribution in [2.45, 2.75) is 44.1 Å². The smallest absolute Gasteiger partial charge is 0.0463 e. The van der Waals surface area contributed by atoms with E-state index in [0.29, 0.717) is 5.54 Å². The molecule has 1 N–H and O–H groups in total. The van der Waals surface area contributed by atoms with Gasteiger partial charge in [0.25, 0.3) is 0 Å². The fourth-order valence-electron chi connectivity index (χ4n) is 3.96. The summed E-state index contributed by atoms with van der Waals surface area (Å²) in [4.78, 5) is 0. The summed E-state index contributed by atoms with van der Waals surface area (Å²) in [5, 5.41) is 3.68. The largest absolute Gasteiger partial charge is 0.310 e. The number of rotatable bonds is 1. The third kappa shape index (κ3) is 1.34. The third-order valence-corrected chi connectivity index (χ3v) is 4.78. The van der Waals surface area contributed by atoms with Crippen LogP contribution in [0.25, 0.3) is 0 Å². The minimum Gasteiger partial charge on any atom is -0.310 e. The van der Waals surface area contributed by atoms with E-state index in [9.17, 15) is 0 Å². The summed E-state index contributed by atoms with van der Waals surface area (Å²) in [7, 11) is 2.15. The van der Waals surface area contributed by atoms with E-state index in [-0.39, 0.29) is 0 Å². The van der Waals surface area contributed by atoms with Crippen molar-refractivity contribution in [3.05, 3.63) is 35.4 Å². The maximum absolute atomic E-state index is 3.68. The molecule has 1 aromatic rings. The first kappa shape index (κ1) is 10.3. The van der Waals surface area contributed by atoms with Crippen LogP contribution in [0.3, 0.4) is 0 Å². The molecule has 0 bridgehead atoms. The highest BCUT2D eigenvalue weighted by atomic mass is 15.0. The Hall–Kier alpha value is -0.820. The van der Waals surface area contributed by atoms with E-state index in [1.807, 2.05) is 0 Å². The molecule has 1 nitrogen and oxygen atoms in total. The molecule has 0 aromatic heterocycles. The summed E-state index contributed by atoms with van der Waals surface area (Å²) >= 11 is 0. The van der Waals surface area contributed by atoms with Gasteiger partial charge in [-0.2, -0.15) is 0 Å². The molecule has 0 radical (unpaired) electrons. The van der Waals surface area contributed by atoms with Gasteiger partial charge in [0.05, 0.1) is 0 Å². The van der Waals surface area contributed by atoms with Crippen molar-refractivity contribution < 1.29 is 0 Å². The van der Waals surface area contributed by atoms with Crippen LogP contribution in [0.1, 0.15) is 43.2 Å². The molecule has 16 heavy (non-hydrogen) atoms. The number of fused-ring (bicyclic) bond motifs is 3. The quantitative estimate of drug-likeness (QED) is 0.758. The Morgan fingerprint density at radius 1 is 1.19 bits per heavy atom. The maximum Gasteiger partial charge on any atom is 0.0463 e. The van der Waals surface area contributed by atoms with E-state index in [1.54, 1.807) is 11.1 Å². The Morgan fingerprint density at radius 2 is 2.06 bits per heavy atom. The Morgan fingerprint density at radius 3 is 2.94 bits per heavy atom. The standard InChI is InChI=1S/C15H21N/c1-16-15-11-5-4-7-13(15)10-9-12-6-2-3-8-14(12)15/h2-3,6,8,13,16H,4-5,7,9-11H2,1H3/t13?,15-/m1/s1. The van der Waals surface area contributed by atoms with Crippen LogP contribution < -0.4 is 5.32 Å². The second-order valence-electron chi connectivity index (χ2n) is 5.36. The molecule has 86 valence electrons. The number of benzene rings is 1. The lowest BCUT2D eigenvalue weighted by atomic mass is 9.62. The second kappa shape index (κ2) is 3.89. The van der Waals surface area contributed by atoms with E-state index in [1.165, 1.54) is 38.5 Å². The molecule has 1 unspecified atom stereocenters. The van der Waals surface area contributed by atoms with E-state index < -0.39 is 0 Å². The molecule has 1 heteroatoms. The predicted molar refractivity (Wildman–Crippen MR) is 67.5 cm³/mol. The molecule has 0 heterocycles. The zero-order valence-electron chi connectivity index (χ0n) is 10.1. The summed E-state index contributed by atoms with van der Waals surface area (Å²) < 4.78 is 0. The predicted octanol–water partition coefficient (Wildman–Crippen LogP) is 3.24. The van der Waals surface area contributed by atoms with Crippen LogP contribution >= 0.6 is 0 Å². The van der Waals surface area contributed by atoms with Crippen LogP contribution in [0.5, 0.6) is 0 Å². The Kier molecular flexibility index (Phi) is 2.51. The minimum atomic E-state index is 0.299. The van der Waals surface area contributed by atoms with Crippen LogP contribution in [0.4, 0.5) is 0 Å². The molecule has 0 amide bonds. The summed E-state index contributed by atoms with van der Waals surface area (Å²) in [5.74, 6) is 0.862. The molecule has 1 saturated carbocycles. The van der Waals surface area contributed by atoms with Crippen LogP contribution in [-0.2, 0) is 12.0 Å². The summed E-state index contributed by atoms with van der Waals surface area (Å²) in [5.41, 5.74) is 3.47. The minimum absolute atomic E-state index is 0.299. The summed E-state index contributed by atoms with van der Waals surface area (Å²) in [6, 6.07) is 9.06. The molecule has 0 aliphatic heterocycles. The van der Waals surface area contributed by atoms with Crippen molar-refractivity contribution in [1.82, 2.24) is 5.32 Å². The highest BCUT2D eigenvalue weighted by Crippen LogP contribution is 2.47. The molecule has 1 fully saturated rings. The van der Waals surface area contributed by atoms with Crippen molar-refractivity contribution in [2.75, 3.05) is 7.05 Å². The Balaban J connectivity index is 2.11. The second-order valence-corrected chi connectivity index (χ2v) is 5.36. The molecular weight excluding hydrogens is 194 g/mol. The van der Waals surface area contributed by atoms with Crippen molar-refractivity contribution in [3.8, 4) is 0 Å². The first-order valence-electron chi connectivity index (χ1n) is 6.64. The van der Waals surface area contributed by atoms with E-state index in [2.05, 4.69) is 36.6 Å². The van der Waals surface area contributed by atoms with Gasteiger partial charge in [-0.3, -0.25) is 0 Å². The number of nitrogens with one attached hydrogen (secondary N) is 1. The molecule has 0 saturated heterocycles. The molecule has 1 aromatic carbocycles. The molecular formula is C15H21N. The van der Waals surface area contributed by atoms with Gasteiger partial charge in [0.2, 0.25) is 0 Å². The average molecular weight is 215 g/mol. The number of hydrogen-bond acceptors (Lipinski definition) is 1. The van der Waals surface area contributed by atoms with E-state index in [4.69, 9.17) is 0 Å². The van der Waals surface area contributed by atoms with Crippen molar-refractivity contribution >= 4 is 0 Å². The van der Waals surface area contributed by atoms with Crippen LogP contribution in [0, 0.1) is 5.92 Å². The van der Waals surface area contributed by atoms with Gasteiger partial charge in [-0.25, -0.2) is 0 Å². The Labute approximate surface area is 98.3 Å². The van der Waals surface area contributed by atoms with Gasteiger partial charge >= 0.3 is 0 Å². The van der Waals surface area contributed by atoms with Gasteiger partial charge < -0.3 is 5.32 Å². The monoisotopic (exact) mass is 215 g/mol. The van der Waals surface area contributed by atoms with Gasteiger partial charge in [0.15, 0.2) is 0 Å². The van der Waals surface area contributed by atoms with Crippen LogP contribution in [0.2, 0.25) is 0 Å². The molecule has 3 rings (SSSR count). The summed E-state index contributed by atoms with van der Waals surface area (Å²) in [6.07, 6.45) is 8.20. The fraction of sp³-hybridized carbons (Fsp3) is 0.600. The summed E-state index contributed by atoms with van der Waals surface area (Å²) in [6.45, 7) is 0. The Bertz CT molecular complexity index is 385. The maximum atomic E-state index is 3.68. The van der Waals surface area contributed by atoms with Crippen LogP contribution in [0.15, 0.2) is 24.3 Å².